The van der Waals surface area contributed by atoms with Crippen LogP contribution in [0.25, 0.3) is 0 Å². The molecule has 142 valence electrons. The fraction of sp³-hybridized carbons (Fsp3) is 0.409. The maximum absolute atomic E-state index is 12.7. The van der Waals surface area contributed by atoms with Crippen LogP contribution in [0.5, 0.6) is 11.5 Å². The molecule has 2 amide bonds. The fourth-order valence-electron chi connectivity index (χ4n) is 4.28. The number of carbonyl (C=O) groups is 1. The first-order chi connectivity index (χ1) is 13.2. The molecule has 1 fully saturated rings. The summed E-state index contributed by atoms with van der Waals surface area (Å²) < 4.78 is 11.7. The maximum Gasteiger partial charge on any atom is 0.319 e. The van der Waals surface area contributed by atoms with Gasteiger partial charge in [0.05, 0.1) is 13.2 Å². The molecule has 1 saturated carbocycles. The molecule has 0 bridgehead atoms. The van der Waals surface area contributed by atoms with E-state index in [1.807, 2.05) is 42.5 Å². The first kappa shape index (κ1) is 17.7. The molecule has 0 unspecified atom stereocenters. The number of hydrogen-bond donors (Lipinski definition) is 2. The van der Waals surface area contributed by atoms with Crippen LogP contribution >= 0.6 is 0 Å². The zero-order chi connectivity index (χ0) is 18.7. The highest BCUT2D eigenvalue weighted by molar-refractivity contribution is 5.89. The highest BCUT2D eigenvalue weighted by Gasteiger charge is 2.42. The van der Waals surface area contributed by atoms with E-state index in [-0.39, 0.29) is 17.7 Å². The second-order valence-electron chi connectivity index (χ2n) is 7.47. The molecule has 2 aromatic carbocycles. The highest BCUT2D eigenvalue weighted by Crippen LogP contribution is 2.46. The molecule has 1 atom stereocenters. The van der Waals surface area contributed by atoms with Gasteiger partial charge in [-0.25, -0.2) is 4.79 Å². The molecule has 0 radical (unpaired) electrons. The molecule has 0 aromatic heterocycles. The average Bonchev–Trinajstić information content (AvgIpc) is 2.68. The summed E-state index contributed by atoms with van der Waals surface area (Å²) in [5.41, 5.74) is 1.61. The predicted molar refractivity (Wildman–Crippen MR) is 105 cm³/mol. The molecule has 1 spiro atoms. The highest BCUT2D eigenvalue weighted by atomic mass is 16.5. The summed E-state index contributed by atoms with van der Waals surface area (Å²) in [7, 11) is 1.61. The number of ether oxygens (including phenoxy) is 2. The quantitative estimate of drug-likeness (QED) is 0.800. The van der Waals surface area contributed by atoms with Crippen molar-refractivity contribution in [3.63, 3.8) is 0 Å². The molecule has 4 rings (SSSR count). The van der Waals surface area contributed by atoms with Crippen LogP contribution in [0.2, 0.25) is 0 Å². The minimum absolute atomic E-state index is 0.0568. The summed E-state index contributed by atoms with van der Waals surface area (Å²) in [5, 5.41) is 6.08. The van der Waals surface area contributed by atoms with Gasteiger partial charge in [0.25, 0.3) is 0 Å². The van der Waals surface area contributed by atoms with Crippen molar-refractivity contribution in [1.29, 1.82) is 0 Å². The van der Waals surface area contributed by atoms with Crippen molar-refractivity contribution in [2.75, 3.05) is 12.4 Å². The Kier molecular flexibility index (Phi) is 4.92. The minimum Gasteiger partial charge on any atom is -0.497 e. The Morgan fingerprint density at radius 1 is 1.11 bits per heavy atom. The van der Waals surface area contributed by atoms with E-state index in [1.165, 1.54) is 19.3 Å². The molecule has 2 aliphatic rings. The van der Waals surface area contributed by atoms with Gasteiger partial charge in [0.15, 0.2) is 0 Å². The number of rotatable bonds is 3. The van der Waals surface area contributed by atoms with Crippen LogP contribution in [0.15, 0.2) is 48.5 Å². The molecule has 2 aromatic rings. The van der Waals surface area contributed by atoms with Gasteiger partial charge in [-0.05, 0) is 43.9 Å². The predicted octanol–water partition coefficient (Wildman–Crippen LogP) is 5.04. The molecule has 0 saturated heterocycles. The molecule has 5 heteroatoms. The minimum atomic E-state index is -0.212. The van der Waals surface area contributed by atoms with Crippen LogP contribution in [0.3, 0.4) is 0 Å². The Bertz CT molecular complexity index is 815. The van der Waals surface area contributed by atoms with E-state index in [1.54, 1.807) is 13.2 Å². The van der Waals surface area contributed by atoms with Gasteiger partial charge in [0.1, 0.15) is 17.1 Å². The Balaban J connectivity index is 1.51. The van der Waals surface area contributed by atoms with E-state index in [0.717, 1.165) is 30.6 Å². The van der Waals surface area contributed by atoms with E-state index >= 15 is 0 Å². The molecule has 5 nitrogen and oxygen atoms in total. The van der Waals surface area contributed by atoms with Crippen molar-refractivity contribution in [3.8, 4) is 11.5 Å². The summed E-state index contributed by atoms with van der Waals surface area (Å²) in [6, 6.07) is 15.1. The van der Waals surface area contributed by atoms with E-state index in [4.69, 9.17) is 9.47 Å². The average molecular weight is 366 g/mol. The van der Waals surface area contributed by atoms with Gasteiger partial charge in [0, 0.05) is 23.7 Å². The van der Waals surface area contributed by atoms with Gasteiger partial charge in [-0.2, -0.15) is 0 Å². The number of fused-ring (bicyclic) bond motifs is 1. The van der Waals surface area contributed by atoms with Gasteiger partial charge in [-0.1, -0.05) is 30.7 Å². The van der Waals surface area contributed by atoms with Crippen molar-refractivity contribution in [2.24, 2.45) is 0 Å². The third-order valence-corrected chi connectivity index (χ3v) is 5.59. The second kappa shape index (κ2) is 7.51. The second-order valence-corrected chi connectivity index (χ2v) is 7.47. The number of para-hydroxylation sites is 1. The summed E-state index contributed by atoms with van der Waals surface area (Å²) >= 11 is 0. The Morgan fingerprint density at radius 3 is 2.74 bits per heavy atom. The smallest absolute Gasteiger partial charge is 0.319 e. The van der Waals surface area contributed by atoms with E-state index in [9.17, 15) is 4.79 Å². The molecular weight excluding hydrogens is 340 g/mol. The summed E-state index contributed by atoms with van der Waals surface area (Å²) in [6.07, 6.45) is 6.56. The van der Waals surface area contributed by atoms with Gasteiger partial charge in [-0.3, -0.25) is 0 Å². The van der Waals surface area contributed by atoms with Crippen molar-refractivity contribution in [2.45, 2.75) is 50.2 Å². The van der Waals surface area contributed by atoms with Crippen LogP contribution in [-0.2, 0) is 0 Å². The third-order valence-electron chi connectivity index (χ3n) is 5.59. The van der Waals surface area contributed by atoms with Crippen molar-refractivity contribution in [1.82, 2.24) is 5.32 Å². The summed E-state index contributed by atoms with van der Waals surface area (Å²) in [5.74, 6) is 1.61. The number of benzene rings is 2. The Labute approximate surface area is 160 Å². The Hall–Kier alpha value is -2.69. The first-order valence-electron chi connectivity index (χ1n) is 9.67. The topological polar surface area (TPSA) is 59.6 Å². The number of carbonyl (C=O) groups excluding carboxylic acids is 1. The first-order valence-corrected chi connectivity index (χ1v) is 9.67. The van der Waals surface area contributed by atoms with Crippen LogP contribution in [-0.4, -0.2) is 18.7 Å². The standard InChI is InChI=1S/C22H26N2O3/c1-26-17-9-7-8-16(14-17)23-21(25)24-19-15-22(12-5-2-6-13-22)27-20-11-4-3-10-18(19)20/h3-4,7-11,14,19H,2,5-6,12-13,15H2,1H3,(H2,23,24,25)/t19-/m1/s1. The zero-order valence-corrected chi connectivity index (χ0v) is 15.7. The lowest BCUT2D eigenvalue weighted by Gasteiger charge is -2.44. The summed E-state index contributed by atoms with van der Waals surface area (Å²) in [4.78, 5) is 12.7. The number of anilines is 1. The molecule has 1 heterocycles. The lowest BCUT2D eigenvalue weighted by atomic mass is 9.77. The number of hydrogen-bond acceptors (Lipinski definition) is 3. The number of urea groups is 1. The van der Waals surface area contributed by atoms with Gasteiger partial charge in [-0.15, -0.1) is 0 Å². The third kappa shape index (κ3) is 3.87. The lowest BCUT2D eigenvalue weighted by Crippen LogP contribution is -2.47. The normalized spacial score (nSPS) is 20.3. The number of amides is 2. The van der Waals surface area contributed by atoms with Crippen LogP contribution < -0.4 is 20.1 Å². The Morgan fingerprint density at radius 2 is 1.93 bits per heavy atom. The van der Waals surface area contributed by atoms with Crippen LogP contribution in [0, 0.1) is 0 Å². The molecule has 1 aliphatic carbocycles. The van der Waals surface area contributed by atoms with Gasteiger partial charge in [0.2, 0.25) is 0 Å². The molecular formula is C22H26N2O3. The summed E-state index contributed by atoms with van der Waals surface area (Å²) in [6.45, 7) is 0. The van der Waals surface area contributed by atoms with Gasteiger partial charge < -0.3 is 20.1 Å². The zero-order valence-electron chi connectivity index (χ0n) is 15.7. The monoisotopic (exact) mass is 366 g/mol. The van der Waals surface area contributed by atoms with Crippen molar-refractivity contribution in [3.05, 3.63) is 54.1 Å². The lowest BCUT2D eigenvalue weighted by molar-refractivity contribution is -0.000994. The number of methoxy groups -OCH3 is 1. The largest absolute Gasteiger partial charge is 0.497 e. The van der Waals surface area contributed by atoms with E-state index in [2.05, 4.69) is 10.6 Å². The molecule has 1 aliphatic heterocycles. The molecule has 2 N–H and O–H groups in total. The maximum atomic E-state index is 12.7. The SMILES string of the molecule is COc1cccc(NC(=O)N[C@@H]2CC3(CCCCC3)Oc3ccccc32)c1. The van der Waals surface area contributed by atoms with Crippen LogP contribution in [0.1, 0.15) is 50.1 Å². The van der Waals surface area contributed by atoms with Crippen molar-refractivity contribution < 1.29 is 14.3 Å². The number of nitrogens with one attached hydrogen (secondary N) is 2. The molecule has 27 heavy (non-hydrogen) atoms. The van der Waals surface area contributed by atoms with Gasteiger partial charge >= 0.3 is 6.03 Å². The van der Waals surface area contributed by atoms with E-state index in [0.29, 0.717) is 11.4 Å². The van der Waals surface area contributed by atoms with Crippen LogP contribution in [0.4, 0.5) is 10.5 Å². The fourth-order valence-corrected chi connectivity index (χ4v) is 4.28. The van der Waals surface area contributed by atoms with Crippen molar-refractivity contribution >= 4 is 11.7 Å². The van der Waals surface area contributed by atoms with E-state index < -0.39 is 0 Å².